The van der Waals surface area contributed by atoms with Gasteiger partial charge in [0.2, 0.25) is 5.91 Å². The molecule has 1 aromatic carbocycles. The molecule has 3 rings (SSSR count). The van der Waals surface area contributed by atoms with E-state index in [-0.39, 0.29) is 11.9 Å². The van der Waals surface area contributed by atoms with Gasteiger partial charge in [0.1, 0.15) is 0 Å². The third-order valence-corrected chi connectivity index (χ3v) is 5.48. The maximum Gasteiger partial charge on any atom is 0.219 e. The molecule has 2 aliphatic rings. The average molecular weight is 352 g/mol. The number of aliphatic hydroxyl groups is 1. The number of para-hydroxylation sites is 1. The van der Waals surface area contributed by atoms with Crippen molar-refractivity contribution in [3.8, 4) is 0 Å². The highest BCUT2D eigenvalue weighted by atomic mass is 35.5. The number of carbonyl (C=O) groups is 1. The number of piperidine rings is 2. The fraction of sp³-hybridized carbons (Fsp3) is 0.611. The minimum Gasteiger partial charge on any atom is -0.390 e. The zero-order chi connectivity index (χ0) is 17.1. The minimum atomic E-state index is -0.482. The van der Waals surface area contributed by atoms with Crippen molar-refractivity contribution in [2.75, 3.05) is 31.1 Å². The Labute approximate surface area is 148 Å². The standard InChI is InChI=1S/C18H26ClN3O2/c1-13(23)22-11-8-16(18(24)12-22)20-14-6-9-21(10-7-14)17-5-3-2-4-15(17)19/h2-5,14,16,18,20,24H,6-12H2,1H3/t16-,18-/m1/s1. The van der Waals surface area contributed by atoms with Gasteiger partial charge in [-0.25, -0.2) is 0 Å². The monoisotopic (exact) mass is 351 g/mol. The molecule has 1 amide bonds. The van der Waals surface area contributed by atoms with E-state index in [4.69, 9.17) is 11.6 Å². The zero-order valence-corrected chi connectivity index (χ0v) is 14.9. The first-order chi connectivity index (χ1) is 11.5. The van der Waals surface area contributed by atoms with Gasteiger partial charge < -0.3 is 20.2 Å². The lowest BCUT2D eigenvalue weighted by atomic mass is 9.97. The van der Waals surface area contributed by atoms with Crippen LogP contribution in [0.1, 0.15) is 26.2 Å². The third kappa shape index (κ3) is 4.02. The van der Waals surface area contributed by atoms with Crippen LogP contribution in [0.2, 0.25) is 5.02 Å². The molecule has 24 heavy (non-hydrogen) atoms. The number of hydrogen-bond acceptors (Lipinski definition) is 4. The van der Waals surface area contributed by atoms with Crippen molar-refractivity contribution in [1.82, 2.24) is 10.2 Å². The molecule has 132 valence electrons. The second-order valence-electron chi connectivity index (χ2n) is 6.81. The molecule has 0 spiro atoms. The number of rotatable bonds is 3. The van der Waals surface area contributed by atoms with E-state index >= 15 is 0 Å². The molecule has 0 aliphatic carbocycles. The molecule has 0 bridgehead atoms. The first-order valence-corrected chi connectivity index (χ1v) is 9.11. The van der Waals surface area contributed by atoms with Gasteiger partial charge in [0.25, 0.3) is 0 Å². The normalized spacial score (nSPS) is 25.8. The lowest BCUT2D eigenvalue weighted by Gasteiger charge is -2.40. The van der Waals surface area contributed by atoms with Crippen LogP contribution >= 0.6 is 11.6 Å². The highest BCUT2D eigenvalue weighted by Crippen LogP contribution is 2.28. The SMILES string of the molecule is CC(=O)N1CC[C@@H](NC2CCN(c3ccccc3Cl)CC2)[C@H](O)C1. The number of anilines is 1. The number of likely N-dealkylation sites (tertiary alicyclic amines) is 1. The topological polar surface area (TPSA) is 55.8 Å². The van der Waals surface area contributed by atoms with Gasteiger partial charge in [-0.15, -0.1) is 0 Å². The number of carbonyl (C=O) groups excluding carboxylic acids is 1. The highest BCUT2D eigenvalue weighted by Gasteiger charge is 2.31. The number of aliphatic hydroxyl groups excluding tert-OH is 1. The molecule has 2 heterocycles. The number of nitrogens with zero attached hydrogens (tertiary/aromatic N) is 2. The lowest BCUT2D eigenvalue weighted by molar-refractivity contribution is -0.132. The number of nitrogens with one attached hydrogen (secondary N) is 1. The Morgan fingerprint density at radius 2 is 1.92 bits per heavy atom. The van der Waals surface area contributed by atoms with Crippen LogP contribution in [-0.4, -0.2) is 60.3 Å². The first kappa shape index (κ1) is 17.5. The Morgan fingerprint density at radius 1 is 1.21 bits per heavy atom. The van der Waals surface area contributed by atoms with Crippen molar-refractivity contribution >= 4 is 23.2 Å². The minimum absolute atomic E-state index is 0.0422. The quantitative estimate of drug-likeness (QED) is 0.873. The molecule has 5 nitrogen and oxygen atoms in total. The van der Waals surface area contributed by atoms with Crippen molar-refractivity contribution in [1.29, 1.82) is 0 Å². The highest BCUT2D eigenvalue weighted by molar-refractivity contribution is 6.33. The summed E-state index contributed by atoms with van der Waals surface area (Å²) in [6.45, 7) is 4.65. The predicted molar refractivity (Wildman–Crippen MR) is 96.5 cm³/mol. The van der Waals surface area contributed by atoms with E-state index in [1.807, 2.05) is 18.2 Å². The van der Waals surface area contributed by atoms with Gasteiger partial charge in [0.15, 0.2) is 0 Å². The van der Waals surface area contributed by atoms with Crippen LogP contribution in [0.4, 0.5) is 5.69 Å². The summed E-state index contributed by atoms with van der Waals surface area (Å²) in [6.07, 6.45) is 2.39. The number of β-amino-alcohol motifs (C(OH)–C–C–N with tert-alkyl or cyclic N) is 1. The molecular weight excluding hydrogens is 326 g/mol. The molecule has 0 radical (unpaired) electrons. The number of hydrogen-bond donors (Lipinski definition) is 2. The van der Waals surface area contributed by atoms with Crippen molar-refractivity contribution in [2.45, 2.75) is 44.4 Å². The summed E-state index contributed by atoms with van der Waals surface area (Å²) in [5.41, 5.74) is 1.10. The van der Waals surface area contributed by atoms with Gasteiger partial charge in [-0.05, 0) is 31.4 Å². The molecule has 0 unspecified atom stereocenters. The van der Waals surface area contributed by atoms with Crippen LogP contribution in [0.5, 0.6) is 0 Å². The van der Waals surface area contributed by atoms with Gasteiger partial charge >= 0.3 is 0 Å². The summed E-state index contributed by atoms with van der Waals surface area (Å²) >= 11 is 6.29. The van der Waals surface area contributed by atoms with E-state index in [1.165, 1.54) is 0 Å². The van der Waals surface area contributed by atoms with Crippen LogP contribution in [0, 0.1) is 0 Å². The summed E-state index contributed by atoms with van der Waals surface area (Å²) in [5.74, 6) is 0.0422. The molecule has 6 heteroatoms. The molecule has 2 fully saturated rings. The molecule has 2 atom stereocenters. The van der Waals surface area contributed by atoms with Crippen LogP contribution in [0.15, 0.2) is 24.3 Å². The summed E-state index contributed by atoms with van der Waals surface area (Å²) < 4.78 is 0. The Kier molecular flexibility index (Phi) is 5.64. The second kappa shape index (κ2) is 7.72. The van der Waals surface area contributed by atoms with Crippen molar-refractivity contribution in [2.24, 2.45) is 0 Å². The number of benzene rings is 1. The van der Waals surface area contributed by atoms with E-state index in [0.717, 1.165) is 49.6 Å². The third-order valence-electron chi connectivity index (χ3n) is 5.17. The van der Waals surface area contributed by atoms with E-state index in [9.17, 15) is 9.90 Å². The zero-order valence-electron chi connectivity index (χ0n) is 14.1. The molecule has 1 aromatic rings. The van der Waals surface area contributed by atoms with Crippen molar-refractivity contribution < 1.29 is 9.90 Å². The van der Waals surface area contributed by atoms with Gasteiger partial charge in [-0.1, -0.05) is 23.7 Å². The fourth-order valence-corrected chi connectivity index (χ4v) is 3.97. The Bertz CT molecular complexity index is 575. The smallest absolute Gasteiger partial charge is 0.219 e. The van der Waals surface area contributed by atoms with Gasteiger partial charge in [0, 0.05) is 45.2 Å². The predicted octanol–water partition coefficient (Wildman–Crippen LogP) is 1.88. The Hall–Kier alpha value is -1.30. The lowest BCUT2D eigenvalue weighted by Crippen LogP contribution is -2.57. The van der Waals surface area contributed by atoms with Gasteiger partial charge in [0.05, 0.1) is 16.8 Å². The molecule has 2 N–H and O–H groups in total. The maximum absolute atomic E-state index is 11.4. The number of amides is 1. The van der Waals surface area contributed by atoms with Gasteiger partial charge in [-0.2, -0.15) is 0 Å². The van der Waals surface area contributed by atoms with Crippen molar-refractivity contribution in [3.63, 3.8) is 0 Å². The first-order valence-electron chi connectivity index (χ1n) is 8.73. The fourth-order valence-electron chi connectivity index (χ4n) is 3.71. The Morgan fingerprint density at radius 3 is 2.54 bits per heavy atom. The second-order valence-corrected chi connectivity index (χ2v) is 7.21. The average Bonchev–Trinajstić information content (AvgIpc) is 2.58. The van der Waals surface area contributed by atoms with E-state index in [0.29, 0.717) is 12.6 Å². The summed E-state index contributed by atoms with van der Waals surface area (Å²) in [6, 6.07) is 8.46. The van der Waals surface area contributed by atoms with Crippen LogP contribution in [0.3, 0.4) is 0 Å². The van der Waals surface area contributed by atoms with Gasteiger partial charge in [-0.3, -0.25) is 4.79 Å². The molecule has 0 saturated carbocycles. The molecule has 0 aromatic heterocycles. The van der Waals surface area contributed by atoms with E-state index in [1.54, 1.807) is 11.8 Å². The summed E-state index contributed by atoms with van der Waals surface area (Å²) in [5, 5.41) is 14.7. The van der Waals surface area contributed by atoms with Crippen LogP contribution < -0.4 is 10.2 Å². The molecule has 2 aliphatic heterocycles. The summed E-state index contributed by atoms with van der Waals surface area (Å²) in [7, 11) is 0. The van der Waals surface area contributed by atoms with Crippen LogP contribution in [0.25, 0.3) is 0 Å². The Balaban J connectivity index is 1.49. The maximum atomic E-state index is 11.4. The summed E-state index contributed by atoms with van der Waals surface area (Å²) in [4.78, 5) is 15.5. The molecule has 2 saturated heterocycles. The number of halogens is 1. The van der Waals surface area contributed by atoms with E-state index in [2.05, 4.69) is 16.3 Å². The largest absolute Gasteiger partial charge is 0.390 e. The van der Waals surface area contributed by atoms with E-state index < -0.39 is 6.10 Å². The van der Waals surface area contributed by atoms with Crippen LogP contribution in [-0.2, 0) is 4.79 Å². The molecular formula is C18H26ClN3O2. The van der Waals surface area contributed by atoms with Crippen molar-refractivity contribution in [3.05, 3.63) is 29.3 Å².